The molecule has 0 aliphatic carbocycles. The highest BCUT2D eigenvalue weighted by Crippen LogP contribution is 2.38. The van der Waals surface area contributed by atoms with E-state index in [0.717, 1.165) is 93.4 Å². The summed E-state index contributed by atoms with van der Waals surface area (Å²) in [5, 5.41) is 2.92. The standard InChI is InChI=1S/C35H45FN4O4/c1-6-40(28-11-15-43-16-12-28)33-23(3)29(27-9-7-26(8-10-27)21-39-13-17-44-18-14-39)19-30(24(33)4)34(41)37-20-31-22(2)32(36)25(5)38-35(31)42/h7-10,19,28H,6,11-18,20-21H2,1-5H3,(H,37,41)(H,38,42). The minimum atomic E-state index is -0.461. The van der Waals surface area contributed by atoms with Crippen molar-refractivity contribution < 1.29 is 18.7 Å². The van der Waals surface area contributed by atoms with E-state index in [4.69, 9.17) is 9.47 Å². The number of carbonyl (C=O) groups is 1. The molecule has 0 unspecified atom stereocenters. The fourth-order valence-electron chi connectivity index (χ4n) is 6.63. The van der Waals surface area contributed by atoms with Crippen molar-refractivity contribution in [2.45, 2.75) is 66.6 Å². The fourth-order valence-corrected chi connectivity index (χ4v) is 6.63. The van der Waals surface area contributed by atoms with E-state index in [1.54, 1.807) is 6.92 Å². The Morgan fingerprint density at radius 1 is 1.00 bits per heavy atom. The lowest BCUT2D eigenvalue weighted by Crippen LogP contribution is -2.40. The SMILES string of the molecule is CCN(c1c(C)c(C(=O)NCc2c(C)c(F)c(C)[nH]c2=O)cc(-c2ccc(CN3CCOCC3)cc2)c1C)C1CCOCC1. The summed E-state index contributed by atoms with van der Waals surface area (Å²) in [5.41, 5.74) is 7.17. The summed E-state index contributed by atoms with van der Waals surface area (Å²) in [4.78, 5) is 33.8. The molecule has 44 heavy (non-hydrogen) atoms. The molecule has 2 saturated heterocycles. The molecule has 2 aromatic carbocycles. The van der Waals surface area contributed by atoms with Crippen molar-refractivity contribution >= 4 is 11.6 Å². The molecule has 3 aromatic rings. The van der Waals surface area contributed by atoms with Crippen molar-refractivity contribution in [3.05, 3.63) is 85.6 Å². The number of nitrogens with zero attached hydrogens (tertiary/aromatic N) is 2. The van der Waals surface area contributed by atoms with Crippen LogP contribution in [0.2, 0.25) is 0 Å². The minimum Gasteiger partial charge on any atom is -0.381 e. The molecule has 0 bridgehead atoms. The first-order valence-corrected chi connectivity index (χ1v) is 15.7. The van der Waals surface area contributed by atoms with Gasteiger partial charge in [0.1, 0.15) is 5.82 Å². The van der Waals surface area contributed by atoms with E-state index in [1.807, 2.05) is 13.0 Å². The number of aryl methyl sites for hydroxylation is 1. The number of carbonyl (C=O) groups excluding carboxylic acids is 1. The highest BCUT2D eigenvalue weighted by Gasteiger charge is 2.27. The number of H-pyrrole nitrogens is 1. The summed E-state index contributed by atoms with van der Waals surface area (Å²) in [6, 6.07) is 10.9. The lowest BCUT2D eigenvalue weighted by Gasteiger charge is -2.38. The molecule has 2 fully saturated rings. The van der Waals surface area contributed by atoms with Gasteiger partial charge in [-0.2, -0.15) is 0 Å². The van der Waals surface area contributed by atoms with Crippen LogP contribution in [0.4, 0.5) is 10.1 Å². The zero-order chi connectivity index (χ0) is 31.4. The summed E-state index contributed by atoms with van der Waals surface area (Å²) in [6.45, 7) is 15.8. The van der Waals surface area contributed by atoms with Crippen molar-refractivity contribution in [2.75, 3.05) is 51.0 Å². The van der Waals surface area contributed by atoms with E-state index in [2.05, 4.69) is 58.2 Å². The van der Waals surface area contributed by atoms with E-state index in [1.165, 1.54) is 12.5 Å². The molecule has 2 aliphatic heterocycles. The van der Waals surface area contributed by atoms with E-state index < -0.39 is 11.4 Å². The second-order valence-corrected chi connectivity index (χ2v) is 12.0. The Bertz CT molecular complexity index is 1540. The largest absolute Gasteiger partial charge is 0.381 e. The third-order valence-corrected chi connectivity index (χ3v) is 9.20. The molecule has 8 nitrogen and oxygen atoms in total. The lowest BCUT2D eigenvalue weighted by molar-refractivity contribution is 0.0342. The van der Waals surface area contributed by atoms with Crippen LogP contribution in [0, 0.1) is 33.5 Å². The summed E-state index contributed by atoms with van der Waals surface area (Å²) in [5.74, 6) is -0.756. The molecule has 0 radical (unpaired) electrons. The van der Waals surface area contributed by atoms with Gasteiger partial charge in [-0.25, -0.2) is 4.39 Å². The summed E-state index contributed by atoms with van der Waals surface area (Å²) in [6.07, 6.45) is 1.85. The van der Waals surface area contributed by atoms with Crippen LogP contribution in [-0.4, -0.2) is 67.9 Å². The van der Waals surface area contributed by atoms with Crippen LogP contribution >= 0.6 is 0 Å². The second-order valence-electron chi connectivity index (χ2n) is 12.0. The van der Waals surface area contributed by atoms with E-state index in [0.29, 0.717) is 11.6 Å². The fraction of sp³-hybridized carbons (Fsp3) is 0.486. The molecular formula is C35H45FN4O4. The van der Waals surface area contributed by atoms with Crippen molar-refractivity contribution in [2.24, 2.45) is 0 Å². The summed E-state index contributed by atoms with van der Waals surface area (Å²) < 4.78 is 25.7. The first-order chi connectivity index (χ1) is 21.2. The average molecular weight is 605 g/mol. The first-order valence-electron chi connectivity index (χ1n) is 15.7. The van der Waals surface area contributed by atoms with Crippen molar-refractivity contribution in [3.8, 4) is 11.1 Å². The maximum absolute atomic E-state index is 14.6. The number of amides is 1. The molecule has 3 heterocycles. The Balaban J connectivity index is 1.51. The van der Waals surface area contributed by atoms with Crippen molar-refractivity contribution in [3.63, 3.8) is 0 Å². The van der Waals surface area contributed by atoms with Crippen LogP contribution in [0.3, 0.4) is 0 Å². The molecule has 0 saturated carbocycles. The Labute approximate surface area is 259 Å². The number of rotatable bonds is 9. The van der Waals surface area contributed by atoms with Crippen LogP contribution in [0.15, 0.2) is 35.1 Å². The third-order valence-electron chi connectivity index (χ3n) is 9.20. The molecule has 5 rings (SSSR count). The normalized spacial score (nSPS) is 16.2. The number of halogens is 1. The number of nitrogens with one attached hydrogen (secondary N) is 2. The number of ether oxygens (including phenoxy) is 2. The number of aromatic nitrogens is 1. The van der Waals surface area contributed by atoms with Crippen molar-refractivity contribution in [1.82, 2.24) is 15.2 Å². The molecular weight excluding hydrogens is 559 g/mol. The highest BCUT2D eigenvalue weighted by atomic mass is 19.1. The maximum atomic E-state index is 14.6. The minimum absolute atomic E-state index is 0.0666. The van der Waals surface area contributed by atoms with Gasteiger partial charge in [0.05, 0.1) is 18.9 Å². The molecule has 0 atom stereocenters. The van der Waals surface area contributed by atoms with Crippen molar-refractivity contribution in [1.29, 1.82) is 0 Å². The number of hydrogen-bond donors (Lipinski definition) is 2. The van der Waals surface area contributed by atoms with Crippen LogP contribution in [0.1, 0.15) is 63.6 Å². The smallest absolute Gasteiger partial charge is 0.253 e. The zero-order valence-electron chi connectivity index (χ0n) is 26.6. The molecule has 2 N–H and O–H groups in total. The summed E-state index contributed by atoms with van der Waals surface area (Å²) >= 11 is 0. The Kier molecular flexibility index (Phi) is 10.2. The van der Waals surface area contributed by atoms with Gasteiger partial charge in [0.2, 0.25) is 0 Å². The predicted octanol–water partition coefficient (Wildman–Crippen LogP) is 5.18. The van der Waals surface area contributed by atoms with Gasteiger partial charge in [-0.3, -0.25) is 14.5 Å². The number of pyridine rings is 1. The van der Waals surface area contributed by atoms with Crippen LogP contribution in [0.5, 0.6) is 0 Å². The Morgan fingerprint density at radius 2 is 1.66 bits per heavy atom. The lowest BCUT2D eigenvalue weighted by atomic mass is 9.90. The highest BCUT2D eigenvalue weighted by molar-refractivity contribution is 5.99. The Hall–Kier alpha value is -3.53. The van der Waals surface area contributed by atoms with Gasteiger partial charge in [-0.1, -0.05) is 24.3 Å². The van der Waals surface area contributed by atoms with Gasteiger partial charge in [-0.05, 0) is 86.9 Å². The third kappa shape index (κ3) is 6.75. The number of benzene rings is 2. The molecule has 2 aliphatic rings. The monoisotopic (exact) mass is 604 g/mol. The van der Waals surface area contributed by atoms with Gasteiger partial charge in [0.15, 0.2) is 0 Å². The molecule has 9 heteroatoms. The van der Waals surface area contributed by atoms with Crippen LogP contribution in [0.25, 0.3) is 11.1 Å². The quantitative estimate of drug-likeness (QED) is 0.350. The average Bonchev–Trinajstić information content (AvgIpc) is 3.03. The van der Waals surface area contributed by atoms with Gasteiger partial charge >= 0.3 is 0 Å². The topological polar surface area (TPSA) is 86.9 Å². The number of anilines is 1. The van der Waals surface area contributed by atoms with Gasteiger partial charge < -0.3 is 24.7 Å². The van der Waals surface area contributed by atoms with E-state index in [-0.39, 0.29) is 29.3 Å². The summed E-state index contributed by atoms with van der Waals surface area (Å²) in [7, 11) is 0. The molecule has 1 amide bonds. The first kappa shape index (κ1) is 31.9. The number of morpholine rings is 1. The second kappa shape index (κ2) is 14.1. The van der Waals surface area contributed by atoms with E-state index >= 15 is 0 Å². The van der Waals surface area contributed by atoms with Crippen LogP contribution in [-0.2, 0) is 22.6 Å². The van der Waals surface area contributed by atoms with Gasteiger partial charge in [0, 0.05) is 68.8 Å². The molecule has 1 aromatic heterocycles. The number of hydrogen-bond acceptors (Lipinski definition) is 6. The van der Waals surface area contributed by atoms with Gasteiger partial charge in [-0.15, -0.1) is 0 Å². The molecule has 0 spiro atoms. The van der Waals surface area contributed by atoms with Crippen LogP contribution < -0.4 is 15.8 Å². The zero-order valence-corrected chi connectivity index (χ0v) is 26.6. The van der Waals surface area contributed by atoms with Gasteiger partial charge in [0.25, 0.3) is 11.5 Å². The van der Waals surface area contributed by atoms with E-state index in [9.17, 15) is 14.0 Å². The number of aromatic amines is 1. The molecule has 236 valence electrons. The Morgan fingerprint density at radius 3 is 2.32 bits per heavy atom. The predicted molar refractivity (Wildman–Crippen MR) is 172 cm³/mol. The maximum Gasteiger partial charge on any atom is 0.253 e.